The lowest BCUT2D eigenvalue weighted by Gasteiger charge is -2.13. The number of rotatable bonds is 5. The van der Waals surface area contributed by atoms with E-state index in [0.717, 1.165) is 21.2 Å². The number of nitrogens with zero attached hydrogens (tertiary/aromatic N) is 1. The Labute approximate surface area is 151 Å². The van der Waals surface area contributed by atoms with Crippen LogP contribution < -0.4 is 10.2 Å². The van der Waals surface area contributed by atoms with Crippen LogP contribution in [0.4, 0.5) is 0 Å². The second kappa shape index (κ2) is 8.11. The first kappa shape index (κ1) is 18.2. The predicted octanol–water partition coefficient (Wildman–Crippen LogP) is 4.29. The molecule has 0 saturated carbocycles. The van der Waals surface area contributed by atoms with E-state index in [1.807, 2.05) is 26.0 Å². The molecule has 1 atom stereocenters. The number of benzene rings is 2. The molecule has 0 spiro atoms. The van der Waals surface area contributed by atoms with Crippen molar-refractivity contribution < 1.29 is 9.53 Å². The molecule has 0 heterocycles. The molecule has 1 amide bonds. The summed E-state index contributed by atoms with van der Waals surface area (Å²) < 4.78 is 6.55. The zero-order chi connectivity index (χ0) is 17.7. The number of ether oxygens (including phenoxy) is 1. The summed E-state index contributed by atoms with van der Waals surface area (Å²) in [5.41, 5.74) is 7.01. The first-order valence-corrected chi connectivity index (χ1v) is 8.49. The Kier molecular flexibility index (Phi) is 6.15. The minimum absolute atomic E-state index is 0.295. The summed E-state index contributed by atoms with van der Waals surface area (Å²) in [6.07, 6.45) is 1.04. The van der Waals surface area contributed by atoms with Crippen molar-refractivity contribution in [1.82, 2.24) is 5.43 Å². The Balaban J connectivity index is 1.96. The Morgan fingerprint density at radius 2 is 1.75 bits per heavy atom. The lowest BCUT2D eigenvalue weighted by atomic mass is 10.0. The molecule has 126 valence electrons. The molecule has 0 aliphatic heterocycles. The Hall–Kier alpha value is -2.14. The van der Waals surface area contributed by atoms with E-state index in [0.29, 0.717) is 5.75 Å². The van der Waals surface area contributed by atoms with Gasteiger partial charge in [0.2, 0.25) is 0 Å². The van der Waals surface area contributed by atoms with Gasteiger partial charge in [-0.25, -0.2) is 5.43 Å². The van der Waals surface area contributed by atoms with Crippen molar-refractivity contribution in [2.75, 3.05) is 0 Å². The average molecular weight is 389 g/mol. The van der Waals surface area contributed by atoms with Crippen LogP contribution in [0.1, 0.15) is 29.2 Å². The minimum Gasteiger partial charge on any atom is -0.481 e. The van der Waals surface area contributed by atoms with Crippen molar-refractivity contribution in [1.29, 1.82) is 0 Å². The number of hydrazone groups is 1. The van der Waals surface area contributed by atoms with Gasteiger partial charge in [0.05, 0.1) is 6.21 Å². The normalized spacial score (nSPS) is 12.2. The van der Waals surface area contributed by atoms with Crippen LogP contribution in [0, 0.1) is 20.8 Å². The fourth-order valence-corrected chi connectivity index (χ4v) is 2.68. The molecule has 0 bridgehead atoms. The number of aryl methyl sites for hydroxylation is 3. The van der Waals surface area contributed by atoms with Crippen molar-refractivity contribution in [3.8, 4) is 5.75 Å². The number of hydrogen-bond acceptors (Lipinski definition) is 3. The lowest BCUT2D eigenvalue weighted by Crippen LogP contribution is -2.33. The molecule has 1 N–H and O–H groups in total. The fourth-order valence-electron chi connectivity index (χ4n) is 2.42. The second-order valence-corrected chi connectivity index (χ2v) is 6.68. The van der Waals surface area contributed by atoms with E-state index < -0.39 is 6.10 Å². The van der Waals surface area contributed by atoms with Gasteiger partial charge in [0.1, 0.15) is 5.75 Å². The van der Waals surface area contributed by atoms with Gasteiger partial charge < -0.3 is 4.74 Å². The summed E-state index contributed by atoms with van der Waals surface area (Å²) in [5, 5.41) is 4.06. The van der Waals surface area contributed by atoms with Gasteiger partial charge >= 0.3 is 0 Å². The van der Waals surface area contributed by atoms with Crippen LogP contribution in [-0.4, -0.2) is 18.2 Å². The maximum absolute atomic E-state index is 12.1. The molecule has 4 nitrogen and oxygen atoms in total. The molecule has 0 aliphatic carbocycles. The quantitative estimate of drug-likeness (QED) is 0.613. The first-order chi connectivity index (χ1) is 11.4. The number of nitrogens with one attached hydrogen (secondary N) is 1. The van der Waals surface area contributed by atoms with Crippen LogP contribution in [0.2, 0.25) is 0 Å². The van der Waals surface area contributed by atoms with E-state index in [4.69, 9.17) is 4.74 Å². The van der Waals surface area contributed by atoms with Crippen molar-refractivity contribution in [2.24, 2.45) is 5.10 Å². The molecule has 0 unspecified atom stereocenters. The number of amides is 1. The molecule has 0 saturated heterocycles. The number of halogens is 1. The van der Waals surface area contributed by atoms with E-state index in [1.165, 1.54) is 5.56 Å². The van der Waals surface area contributed by atoms with Crippen LogP contribution in [0.5, 0.6) is 5.75 Å². The van der Waals surface area contributed by atoms with E-state index in [2.05, 4.69) is 45.5 Å². The van der Waals surface area contributed by atoms with E-state index in [-0.39, 0.29) is 5.91 Å². The highest BCUT2D eigenvalue weighted by Gasteiger charge is 2.13. The van der Waals surface area contributed by atoms with Crippen LogP contribution in [-0.2, 0) is 4.79 Å². The maximum Gasteiger partial charge on any atom is 0.280 e. The van der Waals surface area contributed by atoms with Crippen molar-refractivity contribution in [3.63, 3.8) is 0 Å². The zero-order valence-electron chi connectivity index (χ0n) is 14.3. The van der Waals surface area contributed by atoms with Gasteiger partial charge in [0, 0.05) is 10.0 Å². The summed E-state index contributed by atoms with van der Waals surface area (Å²) >= 11 is 3.36. The molecule has 24 heavy (non-hydrogen) atoms. The van der Waals surface area contributed by atoms with E-state index >= 15 is 0 Å². The minimum atomic E-state index is -0.636. The SMILES string of the molecule is Cc1cc(C)c(/C=N\NC(=O)[C@H](C)Oc2ccc(Br)cc2)c(C)c1. The van der Waals surface area contributed by atoms with Gasteiger partial charge in [0.15, 0.2) is 6.10 Å². The largest absolute Gasteiger partial charge is 0.481 e. The molecule has 2 aromatic rings. The molecule has 5 heteroatoms. The highest BCUT2D eigenvalue weighted by atomic mass is 79.9. The van der Waals surface area contributed by atoms with Gasteiger partial charge in [-0.2, -0.15) is 5.10 Å². The molecule has 0 radical (unpaired) electrons. The monoisotopic (exact) mass is 388 g/mol. The van der Waals surface area contributed by atoms with E-state index in [1.54, 1.807) is 25.3 Å². The molecule has 0 aromatic heterocycles. The number of carbonyl (C=O) groups excluding carboxylic acids is 1. The van der Waals surface area contributed by atoms with Gasteiger partial charge in [-0.3, -0.25) is 4.79 Å². The van der Waals surface area contributed by atoms with Gasteiger partial charge in [-0.1, -0.05) is 33.6 Å². The molecule has 2 rings (SSSR count). The molecule has 0 fully saturated rings. The summed E-state index contributed by atoms with van der Waals surface area (Å²) in [6, 6.07) is 11.5. The average Bonchev–Trinajstić information content (AvgIpc) is 2.51. The highest BCUT2D eigenvalue weighted by molar-refractivity contribution is 9.10. The maximum atomic E-state index is 12.1. The Morgan fingerprint density at radius 3 is 2.33 bits per heavy atom. The first-order valence-electron chi connectivity index (χ1n) is 7.70. The van der Waals surface area contributed by atoms with Crippen LogP contribution in [0.25, 0.3) is 0 Å². The van der Waals surface area contributed by atoms with Crippen LogP contribution in [0.3, 0.4) is 0 Å². The Morgan fingerprint density at radius 1 is 1.17 bits per heavy atom. The summed E-state index contributed by atoms with van der Waals surface area (Å²) in [6.45, 7) is 7.81. The van der Waals surface area contributed by atoms with Crippen LogP contribution in [0.15, 0.2) is 46.0 Å². The summed E-state index contributed by atoms with van der Waals surface area (Å²) in [5.74, 6) is 0.339. The van der Waals surface area contributed by atoms with Crippen molar-refractivity contribution >= 4 is 28.1 Å². The third kappa shape index (κ3) is 4.93. The zero-order valence-corrected chi connectivity index (χ0v) is 15.8. The van der Waals surface area contributed by atoms with Gasteiger partial charge in [0.25, 0.3) is 5.91 Å². The van der Waals surface area contributed by atoms with Crippen molar-refractivity contribution in [3.05, 3.63) is 63.1 Å². The fraction of sp³-hybridized carbons (Fsp3) is 0.263. The van der Waals surface area contributed by atoms with Gasteiger partial charge in [-0.05, 0) is 63.1 Å². The summed E-state index contributed by atoms with van der Waals surface area (Å²) in [4.78, 5) is 12.1. The second-order valence-electron chi connectivity index (χ2n) is 5.76. The number of carbonyl (C=O) groups is 1. The number of hydrogen-bond donors (Lipinski definition) is 1. The predicted molar refractivity (Wildman–Crippen MR) is 101 cm³/mol. The van der Waals surface area contributed by atoms with Crippen LogP contribution >= 0.6 is 15.9 Å². The molecular formula is C19H21BrN2O2. The van der Waals surface area contributed by atoms with Gasteiger partial charge in [-0.15, -0.1) is 0 Å². The molecule has 2 aromatic carbocycles. The third-order valence-electron chi connectivity index (χ3n) is 3.60. The highest BCUT2D eigenvalue weighted by Crippen LogP contribution is 2.17. The summed E-state index contributed by atoms with van der Waals surface area (Å²) in [7, 11) is 0. The van der Waals surface area contributed by atoms with Crippen molar-refractivity contribution in [2.45, 2.75) is 33.8 Å². The molecule has 0 aliphatic rings. The smallest absolute Gasteiger partial charge is 0.280 e. The third-order valence-corrected chi connectivity index (χ3v) is 4.13. The topological polar surface area (TPSA) is 50.7 Å². The lowest BCUT2D eigenvalue weighted by molar-refractivity contribution is -0.127. The molecular weight excluding hydrogens is 368 g/mol. The standard InChI is InChI=1S/C19H21BrN2O2/c1-12-9-13(2)18(14(3)10-12)11-21-22-19(23)15(4)24-17-7-5-16(20)6-8-17/h5-11,15H,1-4H3,(H,22,23)/b21-11-/t15-/m0/s1. The van der Waals surface area contributed by atoms with E-state index in [9.17, 15) is 4.79 Å². The Bertz CT molecular complexity index is 731.